The third-order valence-electron chi connectivity index (χ3n) is 2.92. The van der Waals surface area contributed by atoms with Gasteiger partial charge in [0, 0.05) is 18.0 Å². The molecule has 1 aromatic heterocycles. The summed E-state index contributed by atoms with van der Waals surface area (Å²) in [5, 5.41) is 0.586. The molecule has 106 valence electrons. The summed E-state index contributed by atoms with van der Waals surface area (Å²) < 4.78 is 11.2. The summed E-state index contributed by atoms with van der Waals surface area (Å²) in [7, 11) is 1.62. The minimum atomic E-state index is 0.360. The van der Waals surface area contributed by atoms with Gasteiger partial charge in [0.25, 0.3) is 0 Å². The standard InChI is InChI=1S/C15H17ClN2O2/c1-19-14-4-2-3-11(5-7-17)15(14)20-10-12-6-8-18-9-13(12)16/h2-4,6,8-9H,5,7,10,17H2,1H3. The summed E-state index contributed by atoms with van der Waals surface area (Å²) in [4.78, 5) is 3.95. The molecule has 0 aliphatic rings. The average molecular weight is 293 g/mol. The van der Waals surface area contributed by atoms with E-state index in [1.165, 1.54) is 0 Å². The number of rotatable bonds is 6. The molecule has 0 aliphatic heterocycles. The molecule has 5 heteroatoms. The van der Waals surface area contributed by atoms with Crippen molar-refractivity contribution < 1.29 is 9.47 Å². The number of nitrogens with two attached hydrogens (primary N) is 1. The largest absolute Gasteiger partial charge is 0.493 e. The van der Waals surface area contributed by atoms with Gasteiger partial charge in [-0.15, -0.1) is 0 Å². The predicted octanol–water partition coefficient (Wildman–Crippen LogP) is 2.82. The first kappa shape index (κ1) is 14.6. The molecule has 0 saturated carbocycles. The molecule has 2 rings (SSSR count). The van der Waals surface area contributed by atoms with Crippen molar-refractivity contribution in [3.8, 4) is 11.5 Å². The van der Waals surface area contributed by atoms with Crippen LogP contribution in [0.4, 0.5) is 0 Å². The first-order valence-corrected chi connectivity index (χ1v) is 6.71. The number of nitrogens with zero attached hydrogens (tertiary/aromatic N) is 1. The normalized spacial score (nSPS) is 10.3. The minimum Gasteiger partial charge on any atom is -0.493 e. The lowest BCUT2D eigenvalue weighted by molar-refractivity contribution is 0.281. The number of ether oxygens (including phenoxy) is 2. The van der Waals surface area contributed by atoms with Crippen molar-refractivity contribution in [2.75, 3.05) is 13.7 Å². The Labute approximate surface area is 123 Å². The third-order valence-corrected chi connectivity index (χ3v) is 3.26. The number of benzene rings is 1. The summed E-state index contributed by atoms with van der Waals surface area (Å²) in [6.07, 6.45) is 4.02. The third kappa shape index (κ3) is 3.40. The Kier molecular flexibility index (Phi) is 5.21. The Hall–Kier alpha value is -1.78. The molecule has 0 amide bonds. The molecule has 1 heterocycles. The van der Waals surface area contributed by atoms with E-state index in [4.69, 9.17) is 26.8 Å². The van der Waals surface area contributed by atoms with Gasteiger partial charge in [-0.1, -0.05) is 23.7 Å². The fraction of sp³-hybridized carbons (Fsp3) is 0.267. The Morgan fingerprint density at radius 1 is 1.25 bits per heavy atom. The lowest BCUT2D eigenvalue weighted by Crippen LogP contribution is -2.06. The van der Waals surface area contributed by atoms with E-state index in [0.29, 0.717) is 29.7 Å². The van der Waals surface area contributed by atoms with Crippen molar-refractivity contribution in [1.29, 1.82) is 0 Å². The highest BCUT2D eigenvalue weighted by atomic mass is 35.5. The summed E-state index contributed by atoms with van der Waals surface area (Å²) in [5.41, 5.74) is 7.53. The summed E-state index contributed by atoms with van der Waals surface area (Å²) >= 11 is 6.07. The van der Waals surface area contributed by atoms with Crippen LogP contribution in [-0.4, -0.2) is 18.6 Å². The van der Waals surface area contributed by atoms with Crippen molar-refractivity contribution >= 4 is 11.6 Å². The molecule has 0 aliphatic carbocycles. The molecular formula is C15H17ClN2O2. The minimum absolute atomic E-state index is 0.360. The topological polar surface area (TPSA) is 57.4 Å². The second kappa shape index (κ2) is 7.12. The SMILES string of the molecule is COc1cccc(CCN)c1OCc1ccncc1Cl. The van der Waals surface area contributed by atoms with Crippen molar-refractivity contribution in [2.24, 2.45) is 5.73 Å². The molecule has 0 radical (unpaired) electrons. The number of hydrogen-bond donors (Lipinski definition) is 1. The fourth-order valence-corrected chi connectivity index (χ4v) is 2.08. The molecule has 4 nitrogen and oxygen atoms in total. The van der Waals surface area contributed by atoms with Crippen LogP contribution in [0, 0.1) is 0 Å². The maximum absolute atomic E-state index is 6.07. The van der Waals surface area contributed by atoms with Crippen molar-refractivity contribution in [3.05, 3.63) is 52.8 Å². The van der Waals surface area contributed by atoms with Gasteiger partial charge in [0.05, 0.1) is 12.1 Å². The molecular weight excluding hydrogens is 276 g/mol. The van der Waals surface area contributed by atoms with Gasteiger partial charge in [-0.25, -0.2) is 0 Å². The maximum Gasteiger partial charge on any atom is 0.164 e. The fourth-order valence-electron chi connectivity index (χ4n) is 1.91. The first-order chi connectivity index (χ1) is 9.76. The average Bonchev–Trinajstić information content (AvgIpc) is 2.47. The van der Waals surface area contributed by atoms with Gasteiger partial charge in [-0.2, -0.15) is 0 Å². The number of pyridine rings is 1. The van der Waals surface area contributed by atoms with Crippen LogP contribution in [0.2, 0.25) is 5.02 Å². The van der Waals surface area contributed by atoms with E-state index >= 15 is 0 Å². The predicted molar refractivity (Wildman–Crippen MR) is 79.3 cm³/mol. The quantitative estimate of drug-likeness (QED) is 0.889. The van der Waals surface area contributed by atoms with E-state index in [2.05, 4.69) is 4.98 Å². The van der Waals surface area contributed by atoms with Crippen LogP contribution in [0.15, 0.2) is 36.7 Å². The van der Waals surface area contributed by atoms with Gasteiger partial charge in [-0.3, -0.25) is 4.98 Å². The molecule has 0 bridgehead atoms. The molecule has 1 aromatic carbocycles. The van der Waals surface area contributed by atoms with Crippen LogP contribution in [-0.2, 0) is 13.0 Å². The van der Waals surface area contributed by atoms with E-state index in [1.54, 1.807) is 19.5 Å². The van der Waals surface area contributed by atoms with Gasteiger partial charge in [0.1, 0.15) is 6.61 Å². The second-order valence-corrected chi connectivity index (χ2v) is 4.65. The van der Waals surface area contributed by atoms with Crippen molar-refractivity contribution in [3.63, 3.8) is 0 Å². The van der Waals surface area contributed by atoms with Gasteiger partial charge in [0.2, 0.25) is 0 Å². The van der Waals surface area contributed by atoms with E-state index in [9.17, 15) is 0 Å². The van der Waals surface area contributed by atoms with Crippen molar-refractivity contribution in [1.82, 2.24) is 4.98 Å². The summed E-state index contributed by atoms with van der Waals surface area (Å²) in [6, 6.07) is 7.61. The Balaban J connectivity index is 2.21. The Bertz CT molecular complexity index is 576. The van der Waals surface area contributed by atoms with Crippen LogP contribution in [0.5, 0.6) is 11.5 Å². The zero-order valence-electron chi connectivity index (χ0n) is 11.3. The van der Waals surface area contributed by atoms with Crippen LogP contribution < -0.4 is 15.2 Å². The number of para-hydroxylation sites is 1. The van der Waals surface area contributed by atoms with Gasteiger partial charge < -0.3 is 15.2 Å². The first-order valence-electron chi connectivity index (χ1n) is 6.33. The van der Waals surface area contributed by atoms with Gasteiger partial charge in [0.15, 0.2) is 11.5 Å². The maximum atomic E-state index is 6.07. The Morgan fingerprint density at radius 2 is 2.10 bits per heavy atom. The van der Waals surface area contributed by atoms with Crippen LogP contribution in [0.25, 0.3) is 0 Å². The number of methoxy groups -OCH3 is 1. The van der Waals surface area contributed by atoms with Gasteiger partial charge >= 0.3 is 0 Å². The summed E-state index contributed by atoms with van der Waals surface area (Å²) in [5.74, 6) is 1.41. The van der Waals surface area contributed by atoms with E-state index in [-0.39, 0.29) is 0 Å². The van der Waals surface area contributed by atoms with E-state index < -0.39 is 0 Å². The van der Waals surface area contributed by atoms with Crippen LogP contribution in [0.3, 0.4) is 0 Å². The smallest absolute Gasteiger partial charge is 0.164 e. The van der Waals surface area contributed by atoms with Crippen LogP contribution in [0.1, 0.15) is 11.1 Å². The number of halogens is 1. The number of aromatic nitrogens is 1. The lowest BCUT2D eigenvalue weighted by Gasteiger charge is -2.15. The molecule has 0 atom stereocenters. The molecule has 0 fully saturated rings. The second-order valence-electron chi connectivity index (χ2n) is 4.24. The molecule has 2 N–H and O–H groups in total. The van der Waals surface area contributed by atoms with Gasteiger partial charge in [-0.05, 0) is 30.7 Å². The summed E-state index contributed by atoms with van der Waals surface area (Å²) in [6.45, 7) is 0.916. The molecule has 20 heavy (non-hydrogen) atoms. The molecule has 0 saturated heterocycles. The molecule has 0 spiro atoms. The highest BCUT2D eigenvalue weighted by Gasteiger charge is 2.11. The molecule has 0 unspecified atom stereocenters. The Morgan fingerprint density at radius 3 is 2.80 bits per heavy atom. The zero-order chi connectivity index (χ0) is 14.4. The number of hydrogen-bond acceptors (Lipinski definition) is 4. The van der Waals surface area contributed by atoms with Crippen molar-refractivity contribution in [2.45, 2.75) is 13.0 Å². The monoisotopic (exact) mass is 292 g/mol. The van der Waals surface area contributed by atoms with E-state index in [1.807, 2.05) is 24.3 Å². The van der Waals surface area contributed by atoms with E-state index in [0.717, 1.165) is 17.5 Å². The zero-order valence-corrected chi connectivity index (χ0v) is 12.1. The highest BCUT2D eigenvalue weighted by molar-refractivity contribution is 6.31. The molecule has 2 aromatic rings. The van der Waals surface area contributed by atoms with Crippen LogP contribution >= 0.6 is 11.6 Å². The highest BCUT2D eigenvalue weighted by Crippen LogP contribution is 2.32. The lowest BCUT2D eigenvalue weighted by atomic mass is 10.1.